The lowest BCUT2D eigenvalue weighted by molar-refractivity contribution is 0.0624. The molecule has 0 atom stereocenters. The molecule has 0 spiro atoms. The molecule has 4 rings (SSSR count). The average Bonchev–Trinajstić information content (AvgIpc) is 3.62. The van der Waals surface area contributed by atoms with Gasteiger partial charge in [-0.05, 0) is 112 Å². The van der Waals surface area contributed by atoms with Crippen molar-refractivity contribution in [2.24, 2.45) is 0 Å². The van der Waals surface area contributed by atoms with Crippen LogP contribution in [0.5, 0.6) is 0 Å². The molecular formula is C32H35BrN4O8. The van der Waals surface area contributed by atoms with Gasteiger partial charge in [0, 0.05) is 28.8 Å². The Morgan fingerprint density at radius 3 is 1.40 bits per heavy atom. The molecule has 0 aliphatic heterocycles. The van der Waals surface area contributed by atoms with Gasteiger partial charge >= 0.3 is 12.2 Å². The second-order valence-electron chi connectivity index (χ2n) is 11.5. The van der Waals surface area contributed by atoms with Crippen molar-refractivity contribution in [3.05, 3.63) is 95.2 Å². The Hall–Kier alpha value is -5.04. The summed E-state index contributed by atoms with van der Waals surface area (Å²) in [4.78, 5) is 47.1. The number of rotatable bonds is 6. The van der Waals surface area contributed by atoms with Crippen molar-refractivity contribution in [3.63, 3.8) is 0 Å². The van der Waals surface area contributed by atoms with Gasteiger partial charge in [-0.25, -0.2) is 9.59 Å². The Labute approximate surface area is 269 Å². The molecule has 0 fully saturated rings. The molecule has 2 aromatic carbocycles. The lowest BCUT2D eigenvalue weighted by Crippen LogP contribution is -2.27. The minimum absolute atomic E-state index is 0.202. The van der Waals surface area contributed by atoms with Gasteiger partial charge in [0.05, 0.1) is 16.3 Å². The fourth-order valence-electron chi connectivity index (χ4n) is 3.34. The first kappa shape index (κ1) is 34.5. The van der Waals surface area contributed by atoms with Gasteiger partial charge in [0.1, 0.15) is 23.7 Å². The first-order valence-electron chi connectivity index (χ1n) is 13.7. The molecule has 0 saturated carbocycles. The van der Waals surface area contributed by atoms with E-state index >= 15 is 0 Å². The molecule has 13 heteroatoms. The number of benzene rings is 2. The van der Waals surface area contributed by atoms with Gasteiger partial charge in [0.25, 0.3) is 11.8 Å². The zero-order chi connectivity index (χ0) is 33.2. The minimum atomic E-state index is -0.560. The average molecular weight is 684 g/mol. The summed E-state index contributed by atoms with van der Waals surface area (Å²) in [6, 6.07) is 16.5. The van der Waals surface area contributed by atoms with Crippen LogP contribution in [0.1, 0.15) is 62.5 Å². The van der Waals surface area contributed by atoms with Crippen LogP contribution in [0.25, 0.3) is 0 Å². The summed E-state index contributed by atoms with van der Waals surface area (Å²) in [5.74, 6) is -0.419. The highest BCUT2D eigenvalue weighted by Crippen LogP contribution is 2.19. The number of ether oxygens (including phenoxy) is 2. The van der Waals surface area contributed by atoms with Crippen molar-refractivity contribution < 1.29 is 37.5 Å². The van der Waals surface area contributed by atoms with Gasteiger partial charge in [-0.15, -0.1) is 0 Å². The van der Waals surface area contributed by atoms with Gasteiger partial charge in [-0.1, -0.05) is 0 Å². The van der Waals surface area contributed by atoms with Crippen LogP contribution in [-0.2, 0) is 9.47 Å². The van der Waals surface area contributed by atoms with E-state index in [1.54, 1.807) is 102 Å². The molecule has 4 amide bonds. The zero-order valence-electron chi connectivity index (χ0n) is 25.6. The van der Waals surface area contributed by atoms with Crippen LogP contribution in [0.4, 0.5) is 32.3 Å². The highest BCUT2D eigenvalue weighted by Gasteiger charge is 2.17. The first-order chi connectivity index (χ1) is 21.1. The van der Waals surface area contributed by atoms with Crippen molar-refractivity contribution in [3.8, 4) is 0 Å². The van der Waals surface area contributed by atoms with E-state index in [-0.39, 0.29) is 17.6 Å². The topological polar surface area (TPSA) is 161 Å². The summed E-state index contributed by atoms with van der Waals surface area (Å²) < 4.78 is 21.0. The summed E-state index contributed by atoms with van der Waals surface area (Å²) in [7, 11) is 0. The van der Waals surface area contributed by atoms with Crippen molar-refractivity contribution in [1.29, 1.82) is 0 Å². The van der Waals surface area contributed by atoms with E-state index in [2.05, 4.69) is 37.2 Å². The monoisotopic (exact) mass is 682 g/mol. The smallest absolute Gasteiger partial charge is 0.412 e. The Balaban J connectivity index is 0.000000246. The lowest BCUT2D eigenvalue weighted by atomic mass is 10.2. The quantitative estimate of drug-likeness (QED) is 0.157. The second-order valence-corrected chi connectivity index (χ2v) is 12.4. The second kappa shape index (κ2) is 15.1. The number of amides is 4. The Bertz CT molecular complexity index is 1580. The number of carbonyl (C=O) groups is 4. The van der Waals surface area contributed by atoms with E-state index in [0.29, 0.717) is 32.8 Å². The fourth-order valence-corrected chi connectivity index (χ4v) is 3.64. The molecule has 2 aromatic heterocycles. The number of furan rings is 2. The Kier molecular flexibility index (Phi) is 11.6. The van der Waals surface area contributed by atoms with Gasteiger partial charge in [-0.2, -0.15) is 0 Å². The van der Waals surface area contributed by atoms with E-state index in [0.717, 1.165) is 0 Å². The van der Waals surface area contributed by atoms with Gasteiger partial charge in [0.15, 0.2) is 5.76 Å². The lowest BCUT2D eigenvalue weighted by Gasteiger charge is -2.19. The molecule has 2 heterocycles. The number of anilines is 4. The Morgan fingerprint density at radius 1 is 0.622 bits per heavy atom. The predicted octanol–water partition coefficient (Wildman–Crippen LogP) is 8.52. The van der Waals surface area contributed by atoms with Crippen LogP contribution in [0.2, 0.25) is 0 Å². The normalized spacial score (nSPS) is 10.9. The maximum absolute atomic E-state index is 11.9. The molecule has 4 N–H and O–H groups in total. The van der Waals surface area contributed by atoms with E-state index in [9.17, 15) is 19.2 Å². The summed E-state index contributed by atoms with van der Waals surface area (Å²) in [5.41, 5.74) is 1.67. The number of hydrogen-bond donors (Lipinski definition) is 4. The number of nitrogens with one attached hydrogen (secondary N) is 4. The zero-order valence-corrected chi connectivity index (χ0v) is 27.2. The van der Waals surface area contributed by atoms with E-state index < -0.39 is 23.4 Å². The molecule has 45 heavy (non-hydrogen) atoms. The van der Waals surface area contributed by atoms with Crippen LogP contribution >= 0.6 is 15.9 Å². The summed E-state index contributed by atoms with van der Waals surface area (Å²) in [6.07, 6.45) is 3.18. The molecular weight excluding hydrogens is 648 g/mol. The highest BCUT2D eigenvalue weighted by molar-refractivity contribution is 9.10. The van der Waals surface area contributed by atoms with Crippen molar-refractivity contribution >= 4 is 62.7 Å². The summed E-state index contributed by atoms with van der Waals surface area (Å²) >= 11 is 3.21. The van der Waals surface area contributed by atoms with Gasteiger partial charge < -0.3 is 28.9 Å². The molecule has 0 bridgehead atoms. The molecule has 4 aromatic rings. The third-order valence-corrected chi connectivity index (χ3v) is 5.57. The molecule has 0 aliphatic carbocycles. The van der Waals surface area contributed by atoms with E-state index in [4.69, 9.17) is 18.3 Å². The summed E-state index contributed by atoms with van der Waals surface area (Å²) in [5, 5.41) is 10.6. The van der Waals surface area contributed by atoms with Crippen LogP contribution in [0, 0.1) is 0 Å². The van der Waals surface area contributed by atoms with Crippen molar-refractivity contribution in [2.45, 2.75) is 52.7 Å². The van der Waals surface area contributed by atoms with Crippen molar-refractivity contribution in [1.82, 2.24) is 0 Å². The fraction of sp³-hybridized carbons (Fsp3) is 0.250. The van der Waals surface area contributed by atoms with Crippen LogP contribution < -0.4 is 21.3 Å². The SMILES string of the molecule is CC(C)(C)OC(=O)Nc1ccc(NC(=O)c2cc(Br)co2)cc1.CC(C)(C)OC(=O)Nc1ccc(NC(=O)c2ccoc2)cc1. The van der Waals surface area contributed by atoms with Crippen molar-refractivity contribution in [2.75, 3.05) is 21.3 Å². The van der Waals surface area contributed by atoms with Crippen LogP contribution in [0.15, 0.2) is 92.8 Å². The van der Waals surface area contributed by atoms with E-state index in [1.807, 2.05) is 0 Å². The molecule has 238 valence electrons. The molecule has 0 aliphatic rings. The number of carbonyl (C=O) groups excluding carboxylic acids is 4. The predicted molar refractivity (Wildman–Crippen MR) is 174 cm³/mol. The van der Waals surface area contributed by atoms with Gasteiger partial charge in [-0.3, -0.25) is 20.2 Å². The number of hydrogen-bond acceptors (Lipinski definition) is 8. The first-order valence-corrected chi connectivity index (χ1v) is 14.4. The minimum Gasteiger partial charge on any atom is -0.472 e. The third kappa shape index (κ3) is 12.6. The molecule has 0 unspecified atom stereocenters. The largest absolute Gasteiger partial charge is 0.472 e. The maximum atomic E-state index is 11.9. The molecule has 12 nitrogen and oxygen atoms in total. The maximum Gasteiger partial charge on any atom is 0.412 e. The summed E-state index contributed by atoms with van der Waals surface area (Å²) in [6.45, 7) is 10.7. The van der Waals surface area contributed by atoms with E-state index in [1.165, 1.54) is 18.8 Å². The standard InChI is InChI=1S/C16H17BrN2O4.C16H18N2O4/c1-16(2,3)23-15(21)19-12-6-4-11(5-7-12)18-14(20)13-8-10(17)9-22-13;1-16(2,3)22-15(20)18-13-6-4-12(5-7-13)17-14(19)11-8-9-21-10-11/h4-9H,1-3H3,(H,18,20)(H,19,21);4-10H,1-3H3,(H,17,19)(H,18,20). The Morgan fingerprint density at radius 2 is 1.04 bits per heavy atom. The number of halogens is 1. The van der Waals surface area contributed by atoms with Crippen LogP contribution in [-0.4, -0.2) is 35.2 Å². The van der Waals surface area contributed by atoms with Gasteiger partial charge in [0.2, 0.25) is 0 Å². The highest BCUT2D eigenvalue weighted by atomic mass is 79.9. The molecule has 0 saturated heterocycles. The van der Waals surface area contributed by atoms with Crippen LogP contribution in [0.3, 0.4) is 0 Å². The third-order valence-electron chi connectivity index (χ3n) is 5.15. The molecule has 0 radical (unpaired) electrons.